The number of nitrogens with one attached hydrogen (secondary N) is 1. The first-order chi connectivity index (χ1) is 8.06. The summed E-state index contributed by atoms with van der Waals surface area (Å²) in [6, 6.07) is 0.0825. The molecule has 102 valence electrons. The zero-order valence-corrected chi connectivity index (χ0v) is 11.4. The van der Waals surface area contributed by atoms with E-state index in [0.717, 1.165) is 25.7 Å². The second kappa shape index (κ2) is 7.31. The zero-order chi connectivity index (χ0) is 12.7. The Morgan fingerprint density at radius 1 is 1.24 bits per heavy atom. The highest BCUT2D eigenvalue weighted by Crippen LogP contribution is 2.18. The maximum Gasteiger partial charge on any atom is 0.279 e. The molecule has 0 bridgehead atoms. The molecule has 1 fully saturated rings. The topological polar surface area (TPSA) is 69.6 Å². The Balaban J connectivity index is 2.46. The van der Waals surface area contributed by atoms with Gasteiger partial charge in [0.05, 0.1) is 0 Å². The van der Waals surface area contributed by atoms with Gasteiger partial charge < -0.3 is 5.11 Å². The van der Waals surface area contributed by atoms with Crippen LogP contribution in [0.4, 0.5) is 0 Å². The maximum atomic E-state index is 12.0. The Labute approximate surface area is 104 Å². The SMILES string of the molecule is CN(CCCO)S(=O)(=O)NC1CCCCCC1. The molecular formula is C11H24N2O3S. The van der Waals surface area contributed by atoms with Crippen LogP contribution in [0.15, 0.2) is 0 Å². The fourth-order valence-electron chi connectivity index (χ4n) is 2.11. The molecule has 0 radical (unpaired) electrons. The number of aliphatic hydroxyl groups excluding tert-OH is 1. The van der Waals surface area contributed by atoms with Crippen LogP contribution >= 0.6 is 0 Å². The number of rotatable bonds is 6. The molecule has 1 saturated carbocycles. The highest BCUT2D eigenvalue weighted by Gasteiger charge is 2.22. The minimum atomic E-state index is -3.38. The van der Waals surface area contributed by atoms with E-state index < -0.39 is 10.2 Å². The van der Waals surface area contributed by atoms with Crippen LogP contribution in [-0.4, -0.2) is 44.1 Å². The van der Waals surface area contributed by atoms with Gasteiger partial charge in [0, 0.05) is 26.2 Å². The molecule has 6 heteroatoms. The van der Waals surface area contributed by atoms with Crippen molar-refractivity contribution in [2.45, 2.75) is 51.0 Å². The highest BCUT2D eigenvalue weighted by atomic mass is 32.2. The first kappa shape index (κ1) is 14.9. The minimum absolute atomic E-state index is 0.0172. The molecule has 0 aliphatic heterocycles. The number of hydrogen-bond acceptors (Lipinski definition) is 3. The second-order valence-corrected chi connectivity index (χ2v) is 6.52. The summed E-state index contributed by atoms with van der Waals surface area (Å²) in [5.74, 6) is 0. The molecule has 5 nitrogen and oxygen atoms in total. The fraction of sp³-hybridized carbons (Fsp3) is 1.00. The van der Waals surface area contributed by atoms with Crippen LogP contribution in [0.3, 0.4) is 0 Å². The average Bonchev–Trinajstić information content (AvgIpc) is 2.53. The van der Waals surface area contributed by atoms with Gasteiger partial charge in [-0.3, -0.25) is 0 Å². The van der Waals surface area contributed by atoms with Crippen molar-refractivity contribution < 1.29 is 13.5 Å². The Morgan fingerprint density at radius 3 is 2.35 bits per heavy atom. The van der Waals surface area contributed by atoms with E-state index in [1.54, 1.807) is 7.05 Å². The lowest BCUT2D eigenvalue weighted by atomic mass is 10.1. The van der Waals surface area contributed by atoms with Gasteiger partial charge in [-0.05, 0) is 19.3 Å². The Morgan fingerprint density at radius 2 is 1.82 bits per heavy atom. The zero-order valence-electron chi connectivity index (χ0n) is 10.6. The first-order valence-corrected chi connectivity index (χ1v) is 7.84. The van der Waals surface area contributed by atoms with Gasteiger partial charge in [-0.25, -0.2) is 0 Å². The van der Waals surface area contributed by atoms with Gasteiger partial charge >= 0.3 is 0 Å². The molecule has 1 rings (SSSR count). The molecule has 0 unspecified atom stereocenters. The minimum Gasteiger partial charge on any atom is -0.396 e. The van der Waals surface area contributed by atoms with Crippen molar-refractivity contribution in [1.29, 1.82) is 0 Å². The molecule has 17 heavy (non-hydrogen) atoms. The fourth-order valence-corrected chi connectivity index (χ4v) is 3.32. The molecule has 0 saturated heterocycles. The van der Waals surface area contributed by atoms with E-state index in [4.69, 9.17) is 5.11 Å². The molecule has 0 aromatic rings. The summed E-state index contributed by atoms with van der Waals surface area (Å²) in [5.41, 5.74) is 0. The van der Waals surface area contributed by atoms with Gasteiger partial charge in [-0.1, -0.05) is 25.7 Å². The molecule has 2 N–H and O–H groups in total. The third-order valence-electron chi connectivity index (χ3n) is 3.21. The van der Waals surface area contributed by atoms with Crippen molar-refractivity contribution in [1.82, 2.24) is 9.03 Å². The molecule has 0 aromatic carbocycles. The lowest BCUT2D eigenvalue weighted by molar-refractivity contribution is 0.275. The predicted molar refractivity (Wildman–Crippen MR) is 67.9 cm³/mol. The molecular weight excluding hydrogens is 240 g/mol. The average molecular weight is 264 g/mol. The summed E-state index contributed by atoms with van der Waals surface area (Å²) in [6.45, 7) is 0.377. The largest absolute Gasteiger partial charge is 0.396 e. The van der Waals surface area contributed by atoms with Crippen molar-refractivity contribution in [2.24, 2.45) is 0 Å². The van der Waals surface area contributed by atoms with Crippen LogP contribution in [0.1, 0.15) is 44.9 Å². The lowest BCUT2D eigenvalue weighted by Gasteiger charge is -2.22. The van der Waals surface area contributed by atoms with Crippen LogP contribution in [0, 0.1) is 0 Å². The van der Waals surface area contributed by atoms with E-state index in [-0.39, 0.29) is 12.6 Å². The van der Waals surface area contributed by atoms with Crippen molar-refractivity contribution in [3.63, 3.8) is 0 Å². The van der Waals surface area contributed by atoms with Crippen LogP contribution in [0.2, 0.25) is 0 Å². The van der Waals surface area contributed by atoms with Gasteiger partial charge in [-0.15, -0.1) is 0 Å². The van der Waals surface area contributed by atoms with Crippen LogP contribution in [0.5, 0.6) is 0 Å². The lowest BCUT2D eigenvalue weighted by Crippen LogP contribution is -2.44. The summed E-state index contributed by atoms with van der Waals surface area (Å²) in [7, 11) is -1.83. The summed E-state index contributed by atoms with van der Waals surface area (Å²) < 4.78 is 27.9. The van der Waals surface area contributed by atoms with E-state index in [9.17, 15) is 8.42 Å². The second-order valence-electron chi connectivity index (χ2n) is 4.71. The first-order valence-electron chi connectivity index (χ1n) is 6.40. The van der Waals surface area contributed by atoms with Gasteiger partial charge in [0.1, 0.15) is 0 Å². The Hall–Kier alpha value is -0.170. The van der Waals surface area contributed by atoms with E-state index in [2.05, 4.69) is 4.72 Å². The van der Waals surface area contributed by atoms with E-state index in [1.165, 1.54) is 17.1 Å². The van der Waals surface area contributed by atoms with Crippen molar-refractivity contribution in [3.05, 3.63) is 0 Å². The third-order valence-corrected chi connectivity index (χ3v) is 4.85. The Bertz CT molecular complexity index is 298. The summed E-state index contributed by atoms with van der Waals surface area (Å²) in [6.07, 6.45) is 6.97. The van der Waals surface area contributed by atoms with E-state index in [1.807, 2.05) is 0 Å². The quantitative estimate of drug-likeness (QED) is 0.699. The smallest absolute Gasteiger partial charge is 0.279 e. The van der Waals surface area contributed by atoms with Crippen molar-refractivity contribution in [3.8, 4) is 0 Å². The monoisotopic (exact) mass is 264 g/mol. The summed E-state index contributed by atoms with van der Waals surface area (Å²) in [4.78, 5) is 0. The molecule has 1 aliphatic rings. The standard InChI is InChI=1S/C11H24N2O3S/c1-13(9-6-10-14)17(15,16)12-11-7-4-2-3-5-8-11/h11-12,14H,2-10H2,1H3. The molecule has 1 aliphatic carbocycles. The molecule has 0 amide bonds. The van der Waals surface area contributed by atoms with Crippen LogP contribution in [-0.2, 0) is 10.2 Å². The third kappa shape index (κ3) is 5.33. The number of aliphatic hydroxyl groups is 1. The van der Waals surface area contributed by atoms with Crippen LogP contribution < -0.4 is 4.72 Å². The van der Waals surface area contributed by atoms with Crippen LogP contribution in [0.25, 0.3) is 0 Å². The number of nitrogens with zero attached hydrogens (tertiary/aromatic N) is 1. The molecule has 0 aromatic heterocycles. The Kier molecular flexibility index (Phi) is 6.40. The normalized spacial score (nSPS) is 19.5. The summed E-state index contributed by atoms with van der Waals surface area (Å²) in [5, 5.41) is 8.70. The van der Waals surface area contributed by atoms with Crippen molar-refractivity contribution in [2.75, 3.05) is 20.2 Å². The van der Waals surface area contributed by atoms with E-state index in [0.29, 0.717) is 13.0 Å². The number of hydrogen-bond donors (Lipinski definition) is 2. The molecule has 0 spiro atoms. The van der Waals surface area contributed by atoms with Gasteiger partial charge in [-0.2, -0.15) is 17.4 Å². The van der Waals surface area contributed by atoms with E-state index >= 15 is 0 Å². The predicted octanol–water partition coefficient (Wildman–Crippen LogP) is 0.858. The van der Waals surface area contributed by atoms with Gasteiger partial charge in [0.15, 0.2) is 0 Å². The highest BCUT2D eigenvalue weighted by molar-refractivity contribution is 7.87. The van der Waals surface area contributed by atoms with Gasteiger partial charge in [0.2, 0.25) is 0 Å². The van der Waals surface area contributed by atoms with Crippen molar-refractivity contribution >= 4 is 10.2 Å². The molecule has 0 heterocycles. The summed E-state index contributed by atoms with van der Waals surface area (Å²) >= 11 is 0. The van der Waals surface area contributed by atoms with Gasteiger partial charge in [0.25, 0.3) is 10.2 Å². The molecule has 0 atom stereocenters. The maximum absolute atomic E-state index is 12.0.